The van der Waals surface area contributed by atoms with Crippen molar-refractivity contribution in [2.45, 2.75) is 18.9 Å². The molecule has 1 saturated heterocycles. The fourth-order valence-electron chi connectivity index (χ4n) is 1.90. The summed E-state index contributed by atoms with van der Waals surface area (Å²) in [5, 5.41) is 3.29. The van der Waals surface area contributed by atoms with Gasteiger partial charge in [0.2, 0.25) is 0 Å². The largest absolute Gasteiger partial charge is 0.489 e. The van der Waals surface area contributed by atoms with E-state index in [4.69, 9.17) is 4.74 Å². The number of carbonyl (C=O) groups excluding carboxylic acids is 1. The summed E-state index contributed by atoms with van der Waals surface area (Å²) >= 11 is 0. The van der Waals surface area contributed by atoms with Crippen LogP contribution in [0.5, 0.6) is 5.75 Å². The highest BCUT2D eigenvalue weighted by atomic mass is 16.5. The second-order valence-electron chi connectivity index (χ2n) is 4.10. The van der Waals surface area contributed by atoms with E-state index in [0.29, 0.717) is 5.56 Å². The second kappa shape index (κ2) is 5.68. The molecule has 0 bridgehead atoms. The molecular formula is C13H17NO3. The molecule has 1 aliphatic heterocycles. The Morgan fingerprint density at radius 1 is 1.35 bits per heavy atom. The third-order valence-corrected chi connectivity index (χ3v) is 2.83. The van der Waals surface area contributed by atoms with Gasteiger partial charge in [0, 0.05) is 6.54 Å². The molecule has 4 heteroatoms. The number of nitrogens with one attached hydrogen (secondary N) is 1. The van der Waals surface area contributed by atoms with E-state index < -0.39 is 0 Å². The van der Waals surface area contributed by atoms with Crippen LogP contribution in [-0.4, -0.2) is 32.3 Å². The van der Waals surface area contributed by atoms with Crippen molar-refractivity contribution in [1.82, 2.24) is 5.32 Å². The van der Waals surface area contributed by atoms with Crippen LogP contribution in [0.1, 0.15) is 23.2 Å². The second-order valence-corrected chi connectivity index (χ2v) is 4.10. The predicted octanol–water partition coefficient (Wildman–Crippen LogP) is 1.60. The number of benzene rings is 1. The molecule has 1 N–H and O–H groups in total. The van der Waals surface area contributed by atoms with E-state index in [1.807, 2.05) is 0 Å². The van der Waals surface area contributed by atoms with Crippen molar-refractivity contribution in [2.24, 2.45) is 0 Å². The van der Waals surface area contributed by atoms with E-state index in [-0.39, 0.29) is 12.1 Å². The molecule has 1 aliphatic rings. The minimum absolute atomic E-state index is 0.229. The summed E-state index contributed by atoms with van der Waals surface area (Å²) in [4.78, 5) is 11.2. The molecule has 17 heavy (non-hydrogen) atoms. The zero-order chi connectivity index (χ0) is 12.1. The number of methoxy groups -OCH3 is 1. The maximum absolute atomic E-state index is 11.2. The number of rotatable bonds is 3. The zero-order valence-corrected chi connectivity index (χ0v) is 9.94. The van der Waals surface area contributed by atoms with Gasteiger partial charge in [-0.2, -0.15) is 0 Å². The Labute approximate surface area is 101 Å². The van der Waals surface area contributed by atoms with Crippen LogP contribution in [-0.2, 0) is 4.74 Å². The van der Waals surface area contributed by atoms with Crippen LogP contribution in [0.2, 0.25) is 0 Å². The van der Waals surface area contributed by atoms with Gasteiger partial charge in [-0.1, -0.05) is 0 Å². The van der Waals surface area contributed by atoms with Gasteiger partial charge in [-0.15, -0.1) is 0 Å². The monoisotopic (exact) mass is 235 g/mol. The normalized spacial score (nSPS) is 19.7. The molecule has 1 fully saturated rings. The van der Waals surface area contributed by atoms with E-state index in [9.17, 15) is 4.79 Å². The minimum atomic E-state index is -0.323. The van der Waals surface area contributed by atoms with E-state index in [2.05, 4.69) is 10.1 Å². The van der Waals surface area contributed by atoms with Crippen LogP contribution in [0.3, 0.4) is 0 Å². The Morgan fingerprint density at radius 3 is 2.71 bits per heavy atom. The van der Waals surface area contributed by atoms with Crippen LogP contribution in [0.25, 0.3) is 0 Å². The number of piperidine rings is 1. The Hall–Kier alpha value is -1.55. The molecular weight excluding hydrogens is 218 g/mol. The summed E-state index contributed by atoms with van der Waals surface area (Å²) in [7, 11) is 1.38. The molecule has 0 aromatic heterocycles. The first-order valence-electron chi connectivity index (χ1n) is 5.85. The maximum Gasteiger partial charge on any atom is 0.337 e. The quantitative estimate of drug-likeness (QED) is 0.808. The van der Waals surface area contributed by atoms with E-state index in [1.54, 1.807) is 24.3 Å². The Kier molecular flexibility index (Phi) is 3.98. The Balaban J connectivity index is 1.95. The molecule has 1 aromatic rings. The van der Waals surface area contributed by atoms with Crippen LogP contribution in [0, 0.1) is 0 Å². The number of ether oxygens (including phenoxy) is 2. The Bertz CT molecular complexity index is 369. The van der Waals surface area contributed by atoms with Crippen LogP contribution in [0.15, 0.2) is 24.3 Å². The van der Waals surface area contributed by atoms with Crippen molar-refractivity contribution in [2.75, 3.05) is 20.2 Å². The van der Waals surface area contributed by atoms with Gasteiger partial charge in [-0.25, -0.2) is 4.79 Å². The maximum atomic E-state index is 11.2. The van der Waals surface area contributed by atoms with Crippen molar-refractivity contribution in [3.05, 3.63) is 29.8 Å². The molecule has 0 unspecified atom stereocenters. The van der Waals surface area contributed by atoms with Gasteiger partial charge in [0.15, 0.2) is 0 Å². The highest BCUT2D eigenvalue weighted by Gasteiger charge is 2.14. The fourth-order valence-corrected chi connectivity index (χ4v) is 1.90. The molecule has 2 rings (SSSR count). The molecule has 1 aromatic carbocycles. The lowest BCUT2D eigenvalue weighted by Gasteiger charge is -2.23. The highest BCUT2D eigenvalue weighted by molar-refractivity contribution is 5.89. The Morgan fingerprint density at radius 2 is 2.12 bits per heavy atom. The first-order chi connectivity index (χ1) is 8.29. The molecule has 1 atom stereocenters. The third kappa shape index (κ3) is 3.20. The summed E-state index contributed by atoms with van der Waals surface area (Å²) in [6.07, 6.45) is 2.45. The van der Waals surface area contributed by atoms with Gasteiger partial charge >= 0.3 is 5.97 Å². The van der Waals surface area contributed by atoms with E-state index in [1.165, 1.54) is 7.11 Å². The van der Waals surface area contributed by atoms with Crippen molar-refractivity contribution >= 4 is 5.97 Å². The van der Waals surface area contributed by atoms with Gasteiger partial charge in [-0.05, 0) is 43.7 Å². The minimum Gasteiger partial charge on any atom is -0.489 e. The highest BCUT2D eigenvalue weighted by Crippen LogP contribution is 2.17. The van der Waals surface area contributed by atoms with Gasteiger partial charge in [-0.3, -0.25) is 0 Å². The molecule has 0 spiro atoms. The van der Waals surface area contributed by atoms with Crippen molar-refractivity contribution in [1.29, 1.82) is 0 Å². The summed E-state index contributed by atoms with van der Waals surface area (Å²) in [5.41, 5.74) is 0.543. The first-order valence-corrected chi connectivity index (χ1v) is 5.85. The summed E-state index contributed by atoms with van der Waals surface area (Å²) in [5.74, 6) is 0.474. The van der Waals surface area contributed by atoms with Crippen LogP contribution < -0.4 is 10.1 Å². The summed E-state index contributed by atoms with van der Waals surface area (Å²) in [6, 6.07) is 7.05. The fraction of sp³-hybridized carbons (Fsp3) is 0.462. The van der Waals surface area contributed by atoms with E-state index in [0.717, 1.165) is 31.7 Å². The number of hydrogen-bond acceptors (Lipinski definition) is 4. The SMILES string of the molecule is COC(=O)c1ccc(O[C@H]2CCCNC2)cc1. The lowest BCUT2D eigenvalue weighted by atomic mass is 10.1. The average Bonchev–Trinajstić information content (AvgIpc) is 2.40. The van der Waals surface area contributed by atoms with Crippen LogP contribution in [0.4, 0.5) is 0 Å². The predicted molar refractivity (Wildman–Crippen MR) is 64.3 cm³/mol. The van der Waals surface area contributed by atoms with Crippen molar-refractivity contribution in [3.63, 3.8) is 0 Å². The van der Waals surface area contributed by atoms with Gasteiger partial charge < -0.3 is 14.8 Å². The smallest absolute Gasteiger partial charge is 0.337 e. The number of esters is 1. The molecule has 0 saturated carbocycles. The van der Waals surface area contributed by atoms with Crippen LogP contribution >= 0.6 is 0 Å². The molecule has 0 radical (unpaired) electrons. The molecule has 92 valence electrons. The first kappa shape index (κ1) is 11.9. The summed E-state index contributed by atoms with van der Waals surface area (Å²) < 4.78 is 10.4. The van der Waals surface area contributed by atoms with Gasteiger partial charge in [0.05, 0.1) is 12.7 Å². The molecule has 4 nitrogen and oxygen atoms in total. The number of hydrogen-bond donors (Lipinski definition) is 1. The lowest BCUT2D eigenvalue weighted by molar-refractivity contribution is 0.0600. The molecule has 0 aliphatic carbocycles. The standard InChI is InChI=1S/C13H17NO3/c1-16-13(15)10-4-6-11(7-5-10)17-12-3-2-8-14-9-12/h4-7,12,14H,2-3,8-9H2,1H3/t12-/m0/s1. The molecule has 0 amide bonds. The molecule has 1 heterocycles. The lowest BCUT2D eigenvalue weighted by Crippen LogP contribution is -2.37. The number of carbonyl (C=O) groups is 1. The summed E-state index contributed by atoms with van der Waals surface area (Å²) in [6.45, 7) is 1.96. The van der Waals surface area contributed by atoms with Crippen molar-refractivity contribution < 1.29 is 14.3 Å². The van der Waals surface area contributed by atoms with Gasteiger partial charge in [0.25, 0.3) is 0 Å². The topological polar surface area (TPSA) is 47.6 Å². The van der Waals surface area contributed by atoms with E-state index >= 15 is 0 Å². The average molecular weight is 235 g/mol. The third-order valence-electron chi connectivity index (χ3n) is 2.83. The zero-order valence-electron chi connectivity index (χ0n) is 9.94. The van der Waals surface area contributed by atoms with Crippen molar-refractivity contribution in [3.8, 4) is 5.75 Å². The van der Waals surface area contributed by atoms with Gasteiger partial charge in [0.1, 0.15) is 11.9 Å².